The molecule has 1 N–H and O–H groups in total. The minimum absolute atomic E-state index is 0.0313. The van der Waals surface area contributed by atoms with Crippen LogP contribution in [0.25, 0.3) is 0 Å². The van der Waals surface area contributed by atoms with Crippen molar-refractivity contribution in [3.8, 4) is 0 Å². The lowest BCUT2D eigenvalue weighted by atomic mass is 9.84. The summed E-state index contributed by atoms with van der Waals surface area (Å²) >= 11 is 0. The highest BCUT2D eigenvalue weighted by Gasteiger charge is 2.33. The van der Waals surface area contributed by atoms with E-state index >= 15 is 0 Å². The largest absolute Gasteiger partial charge is 0.481 e. The van der Waals surface area contributed by atoms with E-state index in [1.54, 1.807) is 4.90 Å². The van der Waals surface area contributed by atoms with E-state index < -0.39 is 11.6 Å². The molecule has 5 nitrogen and oxygen atoms in total. The minimum Gasteiger partial charge on any atom is -0.481 e. The number of ether oxygens (including phenoxy) is 1. The molecule has 19 heavy (non-hydrogen) atoms. The quantitative estimate of drug-likeness (QED) is 0.857. The molecule has 1 rings (SSSR count). The van der Waals surface area contributed by atoms with Gasteiger partial charge in [-0.2, -0.15) is 0 Å². The van der Waals surface area contributed by atoms with Gasteiger partial charge in [0.05, 0.1) is 5.92 Å². The molecule has 2 atom stereocenters. The fraction of sp³-hybridized carbons (Fsp3) is 0.857. The number of carboxylic acids is 1. The van der Waals surface area contributed by atoms with Gasteiger partial charge in [0.25, 0.3) is 0 Å². The van der Waals surface area contributed by atoms with Gasteiger partial charge in [-0.05, 0) is 46.0 Å². The van der Waals surface area contributed by atoms with Crippen LogP contribution < -0.4 is 0 Å². The third kappa shape index (κ3) is 4.73. The summed E-state index contributed by atoms with van der Waals surface area (Å²) in [5, 5.41) is 9.20. The van der Waals surface area contributed by atoms with Crippen LogP contribution >= 0.6 is 0 Å². The Kier molecular flexibility index (Phi) is 5.20. The van der Waals surface area contributed by atoms with Gasteiger partial charge in [-0.3, -0.25) is 4.79 Å². The molecule has 0 aliphatic carbocycles. The van der Waals surface area contributed by atoms with Gasteiger partial charge in [0.15, 0.2) is 0 Å². The zero-order chi connectivity index (χ0) is 14.6. The molecule has 1 heterocycles. The Morgan fingerprint density at radius 1 is 1.42 bits per heavy atom. The van der Waals surface area contributed by atoms with Gasteiger partial charge < -0.3 is 14.7 Å². The zero-order valence-electron chi connectivity index (χ0n) is 12.3. The standard InChI is InChI=1S/C14H25NO4/c1-5-11(12(16)17)10-7-6-8-15(9-10)13(18)19-14(2,3)4/h10-11H,5-9H2,1-4H3,(H,16,17)/t10?,11-/m1/s1. The number of rotatable bonds is 3. The fourth-order valence-corrected chi connectivity index (χ4v) is 2.54. The van der Waals surface area contributed by atoms with E-state index in [2.05, 4.69) is 0 Å². The first-order chi connectivity index (χ1) is 8.74. The van der Waals surface area contributed by atoms with Gasteiger partial charge in [-0.25, -0.2) is 4.79 Å². The lowest BCUT2D eigenvalue weighted by molar-refractivity contribution is -0.144. The van der Waals surface area contributed by atoms with Gasteiger partial charge >= 0.3 is 12.1 Å². The van der Waals surface area contributed by atoms with E-state index in [-0.39, 0.29) is 17.9 Å². The maximum absolute atomic E-state index is 12.0. The molecule has 5 heteroatoms. The normalized spacial score (nSPS) is 21.9. The van der Waals surface area contributed by atoms with E-state index in [4.69, 9.17) is 4.74 Å². The zero-order valence-corrected chi connectivity index (χ0v) is 12.3. The molecule has 1 amide bonds. The number of likely N-dealkylation sites (tertiary alicyclic amines) is 1. The smallest absolute Gasteiger partial charge is 0.410 e. The van der Waals surface area contributed by atoms with Crippen LogP contribution in [-0.2, 0) is 9.53 Å². The number of carbonyl (C=O) groups is 2. The summed E-state index contributed by atoms with van der Waals surface area (Å²) in [7, 11) is 0. The predicted octanol–water partition coefficient (Wildman–Crippen LogP) is 2.74. The second kappa shape index (κ2) is 6.26. The summed E-state index contributed by atoms with van der Waals surface area (Å²) in [6.45, 7) is 8.52. The third-order valence-corrected chi connectivity index (χ3v) is 3.44. The van der Waals surface area contributed by atoms with Gasteiger partial charge in [0.2, 0.25) is 0 Å². The molecule has 0 aromatic rings. The Morgan fingerprint density at radius 3 is 2.53 bits per heavy atom. The van der Waals surface area contributed by atoms with Crippen LogP contribution in [0, 0.1) is 11.8 Å². The van der Waals surface area contributed by atoms with Crippen LogP contribution in [0.1, 0.15) is 47.0 Å². The Morgan fingerprint density at radius 2 is 2.05 bits per heavy atom. The molecule has 110 valence electrons. The first-order valence-corrected chi connectivity index (χ1v) is 6.95. The van der Waals surface area contributed by atoms with Crippen LogP contribution in [0.3, 0.4) is 0 Å². The van der Waals surface area contributed by atoms with E-state index in [9.17, 15) is 14.7 Å². The van der Waals surface area contributed by atoms with E-state index in [1.807, 2.05) is 27.7 Å². The number of aliphatic carboxylic acids is 1. The Labute approximate surface area is 114 Å². The molecule has 0 saturated carbocycles. The average Bonchev–Trinajstić information content (AvgIpc) is 2.27. The van der Waals surface area contributed by atoms with Crippen molar-refractivity contribution in [1.29, 1.82) is 0 Å². The first kappa shape index (κ1) is 15.8. The number of piperidine rings is 1. The molecular weight excluding hydrogens is 246 g/mol. The van der Waals surface area contributed by atoms with E-state index in [1.165, 1.54) is 0 Å². The molecule has 1 fully saturated rings. The van der Waals surface area contributed by atoms with Gasteiger partial charge in [-0.1, -0.05) is 6.92 Å². The first-order valence-electron chi connectivity index (χ1n) is 6.95. The molecular formula is C14H25NO4. The molecule has 0 aromatic heterocycles. The summed E-state index contributed by atoms with van der Waals surface area (Å²) < 4.78 is 5.34. The molecule has 1 saturated heterocycles. The van der Waals surface area contributed by atoms with Crippen molar-refractivity contribution in [2.75, 3.05) is 13.1 Å². The monoisotopic (exact) mass is 271 g/mol. The summed E-state index contributed by atoms with van der Waals surface area (Å²) in [5.74, 6) is -1.10. The fourth-order valence-electron chi connectivity index (χ4n) is 2.54. The van der Waals surface area contributed by atoms with Crippen molar-refractivity contribution >= 4 is 12.1 Å². The lowest BCUT2D eigenvalue weighted by Crippen LogP contribution is -2.45. The highest BCUT2D eigenvalue weighted by atomic mass is 16.6. The highest BCUT2D eigenvalue weighted by molar-refractivity contribution is 5.71. The molecule has 0 spiro atoms. The second-order valence-electron chi connectivity index (χ2n) is 6.18. The third-order valence-electron chi connectivity index (χ3n) is 3.44. The summed E-state index contributed by atoms with van der Waals surface area (Å²) in [6.07, 6.45) is 1.97. The van der Waals surface area contributed by atoms with Crippen molar-refractivity contribution < 1.29 is 19.4 Å². The maximum atomic E-state index is 12.0. The summed E-state index contributed by atoms with van der Waals surface area (Å²) in [6, 6.07) is 0. The number of carbonyl (C=O) groups excluding carboxylic acids is 1. The van der Waals surface area contributed by atoms with Crippen LogP contribution in [0.5, 0.6) is 0 Å². The number of hydrogen-bond donors (Lipinski definition) is 1. The maximum Gasteiger partial charge on any atom is 0.410 e. The van der Waals surface area contributed by atoms with Crippen LogP contribution in [0.15, 0.2) is 0 Å². The number of amides is 1. The molecule has 1 unspecified atom stereocenters. The van der Waals surface area contributed by atoms with Crippen LogP contribution in [0.4, 0.5) is 4.79 Å². The number of hydrogen-bond acceptors (Lipinski definition) is 3. The molecule has 1 aliphatic rings. The molecule has 1 aliphatic heterocycles. The number of carboxylic acid groups (broad SMARTS) is 1. The van der Waals surface area contributed by atoms with Crippen molar-refractivity contribution in [1.82, 2.24) is 4.90 Å². The molecule has 0 radical (unpaired) electrons. The molecule has 0 bridgehead atoms. The van der Waals surface area contributed by atoms with Crippen molar-refractivity contribution in [2.45, 2.75) is 52.6 Å². The Balaban J connectivity index is 2.64. The van der Waals surface area contributed by atoms with Gasteiger partial charge in [-0.15, -0.1) is 0 Å². The Hall–Kier alpha value is -1.26. The van der Waals surface area contributed by atoms with Gasteiger partial charge in [0.1, 0.15) is 5.60 Å². The number of nitrogens with zero attached hydrogens (tertiary/aromatic N) is 1. The van der Waals surface area contributed by atoms with Crippen LogP contribution in [-0.4, -0.2) is 40.8 Å². The summed E-state index contributed by atoms with van der Waals surface area (Å²) in [4.78, 5) is 24.8. The van der Waals surface area contributed by atoms with Crippen molar-refractivity contribution in [2.24, 2.45) is 11.8 Å². The van der Waals surface area contributed by atoms with E-state index in [0.29, 0.717) is 19.5 Å². The summed E-state index contributed by atoms with van der Waals surface area (Å²) in [5.41, 5.74) is -0.513. The van der Waals surface area contributed by atoms with Crippen molar-refractivity contribution in [3.63, 3.8) is 0 Å². The average molecular weight is 271 g/mol. The minimum atomic E-state index is -0.765. The Bertz CT molecular complexity index is 335. The topological polar surface area (TPSA) is 66.8 Å². The van der Waals surface area contributed by atoms with Gasteiger partial charge in [0, 0.05) is 13.1 Å². The van der Waals surface area contributed by atoms with Crippen LogP contribution in [0.2, 0.25) is 0 Å². The predicted molar refractivity (Wildman–Crippen MR) is 71.9 cm³/mol. The highest BCUT2D eigenvalue weighted by Crippen LogP contribution is 2.27. The second-order valence-corrected chi connectivity index (χ2v) is 6.18. The van der Waals surface area contributed by atoms with Crippen molar-refractivity contribution in [3.05, 3.63) is 0 Å². The lowest BCUT2D eigenvalue weighted by Gasteiger charge is -2.36. The van der Waals surface area contributed by atoms with E-state index in [0.717, 1.165) is 12.8 Å². The molecule has 0 aromatic carbocycles. The SMILES string of the molecule is CC[C@@H](C(=O)O)C1CCCN(C(=O)OC(C)(C)C)C1.